The van der Waals surface area contributed by atoms with Crippen molar-refractivity contribution in [2.45, 2.75) is 39.0 Å². The van der Waals surface area contributed by atoms with Crippen LogP contribution in [-0.4, -0.2) is 85.3 Å². The molecule has 0 aliphatic rings. The van der Waals surface area contributed by atoms with Crippen molar-refractivity contribution < 1.29 is 51.3 Å². The normalized spacial score (nSPS) is 11.5. The number of alkyl halides is 3. The maximum atomic E-state index is 13.3. The van der Waals surface area contributed by atoms with Crippen molar-refractivity contribution in [1.82, 2.24) is 15.1 Å². The molecule has 294 valence electrons. The minimum atomic E-state index is -4.54. The topological polar surface area (TPSA) is 159 Å². The van der Waals surface area contributed by atoms with E-state index in [1.807, 2.05) is 0 Å². The second-order valence-electron chi connectivity index (χ2n) is 12.8. The first-order valence-electron chi connectivity index (χ1n) is 17.1. The summed E-state index contributed by atoms with van der Waals surface area (Å²) in [4.78, 5) is 50.9. The van der Waals surface area contributed by atoms with Crippen LogP contribution >= 0.6 is 11.6 Å². The van der Waals surface area contributed by atoms with Crippen LogP contribution in [-0.2, 0) is 29.9 Å². The predicted octanol–water partition coefficient (Wildman–Crippen LogP) is 6.56. The van der Waals surface area contributed by atoms with Gasteiger partial charge >= 0.3 is 12.1 Å². The Morgan fingerprint density at radius 2 is 1.40 bits per heavy atom. The van der Waals surface area contributed by atoms with Gasteiger partial charge in [-0.05, 0) is 75.4 Å². The summed E-state index contributed by atoms with van der Waals surface area (Å²) in [6.07, 6.45) is -3.00. The Morgan fingerprint density at radius 3 is 2.09 bits per heavy atom. The lowest BCUT2D eigenvalue weighted by atomic mass is 10.1. The van der Waals surface area contributed by atoms with E-state index >= 15 is 0 Å². The molecule has 55 heavy (non-hydrogen) atoms. The number of halogens is 4. The van der Waals surface area contributed by atoms with E-state index < -0.39 is 35.1 Å². The van der Waals surface area contributed by atoms with Crippen LogP contribution in [0.2, 0.25) is 5.02 Å². The van der Waals surface area contributed by atoms with Crippen LogP contribution in [0.15, 0.2) is 79.0 Å². The fourth-order valence-electron chi connectivity index (χ4n) is 4.78. The Morgan fingerprint density at radius 1 is 0.745 bits per heavy atom. The highest BCUT2D eigenvalue weighted by molar-refractivity contribution is 6.31. The molecule has 4 aromatic rings. The SMILES string of the molecule is CC(C)(C)OC(=O)CCOCCOCCOCCNC(=O)c1cccc(C(=O)Nc2ccc(Cl)cc2C(=O)Nc2ccn(-c3cccc(C(F)(F)F)c3)n2)c1. The summed E-state index contributed by atoms with van der Waals surface area (Å²) in [5.41, 5.74) is -0.820. The Kier molecular flexibility index (Phi) is 15.3. The maximum absolute atomic E-state index is 13.3. The fourth-order valence-corrected chi connectivity index (χ4v) is 4.95. The number of hydrogen-bond acceptors (Lipinski definition) is 9. The average molecular weight is 788 g/mol. The summed E-state index contributed by atoms with van der Waals surface area (Å²) in [7, 11) is 0. The summed E-state index contributed by atoms with van der Waals surface area (Å²) < 4.78 is 62.2. The zero-order valence-corrected chi connectivity index (χ0v) is 31.1. The molecular weight excluding hydrogens is 747 g/mol. The van der Waals surface area contributed by atoms with Crippen molar-refractivity contribution in [3.8, 4) is 5.69 Å². The lowest BCUT2D eigenvalue weighted by Gasteiger charge is -2.19. The highest BCUT2D eigenvalue weighted by Crippen LogP contribution is 2.30. The zero-order valence-electron chi connectivity index (χ0n) is 30.3. The molecule has 17 heteroatoms. The Bertz CT molecular complexity index is 1950. The van der Waals surface area contributed by atoms with E-state index in [0.29, 0.717) is 19.8 Å². The number of benzene rings is 3. The van der Waals surface area contributed by atoms with Crippen LogP contribution < -0.4 is 16.0 Å². The predicted molar refractivity (Wildman–Crippen MR) is 198 cm³/mol. The van der Waals surface area contributed by atoms with Crippen molar-refractivity contribution in [3.63, 3.8) is 0 Å². The second kappa shape index (κ2) is 19.9. The summed E-state index contributed by atoms with van der Waals surface area (Å²) in [5.74, 6) is -2.04. The van der Waals surface area contributed by atoms with Gasteiger partial charge in [-0.3, -0.25) is 19.2 Å². The number of nitrogens with one attached hydrogen (secondary N) is 3. The molecule has 0 radical (unpaired) electrons. The number of nitrogens with zero attached hydrogens (tertiary/aromatic N) is 2. The third-order valence-corrected chi connectivity index (χ3v) is 7.51. The minimum absolute atomic E-state index is 0.0163. The Hall–Kier alpha value is -5.29. The summed E-state index contributed by atoms with van der Waals surface area (Å²) in [6, 6.07) is 16.1. The van der Waals surface area contributed by atoms with E-state index in [-0.39, 0.29) is 77.7 Å². The van der Waals surface area contributed by atoms with Gasteiger partial charge in [-0.25, -0.2) is 4.68 Å². The molecule has 0 spiro atoms. The third kappa shape index (κ3) is 14.1. The number of ether oxygens (including phenoxy) is 4. The molecular formula is C38H41ClF3N5O8. The lowest BCUT2D eigenvalue weighted by molar-refractivity contribution is -0.156. The van der Waals surface area contributed by atoms with Crippen molar-refractivity contribution in [2.24, 2.45) is 0 Å². The Balaban J connectivity index is 1.21. The molecule has 0 unspecified atom stereocenters. The van der Waals surface area contributed by atoms with Crippen molar-refractivity contribution in [3.05, 3.63) is 106 Å². The molecule has 1 heterocycles. The van der Waals surface area contributed by atoms with Crippen molar-refractivity contribution in [1.29, 1.82) is 0 Å². The first-order chi connectivity index (χ1) is 26.1. The van der Waals surface area contributed by atoms with Crippen LogP contribution in [0.4, 0.5) is 24.7 Å². The molecule has 0 aliphatic heterocycles. The number of hydrogen-bond donors (Lipinski definition) is 3. The van der Waals surface area contributed by atoms with E-state index in [1.165, 1.54) is 71.5 Å². The molecule has 0 aliphatic carbocycles. The van der Waals surface area contributed by atoms with Gasteiger partial charge in [0.25, 0.3) is 17.7 Å². The van der Waals surface area contributed by atoms with Crippen LogP contribution in [0.5, 0.6) is 0 Å². The maximum Gasteiger partial charge on any atom is 0.416 e. The van der Waals surface area contributed by atoms with Gasteiger partial charge in [-0.15, -0.1) is 0 Å². The van der Waals surface area contributed by atoms with Gasteiger partial charge in [0, 0.05) is 35.0 Å². The molecule has 3 N–H and O–H groups in total. The van der Waals surface area contributed by atoms with Gasteiger partial charge in [0.05, 0.1) is 68.6 Å². The molecule has 1 aromatic heterocycles. The average Bonchev–Trinajstić information content (AvgIpc) is 3.60. The monoisotopic (exact) mass is 787 g/mol. The van der Waals surface area contributed by atoms with Gasteiger partial charge in [0.2, 0.25) is 0 Å². The van der Waals surface area contributed by atoms with Crippen LogP contribution in [0, 0.1) is 0 Å². The molecule has 0 saturated heterocycles. The van der Waals surface area contributed by atoms with E-state index in [1.54, 1.807) is 20.8 Å². The number of carbonyl (C=O) groups is 4. The first-order valence-corrected chi connectivity index (χ1v) is 17.5. The molecule has 0 bridgehead atoms. The number of amides is 3. The highest BCUT2D eigenvalue weighted by Gasteiger charge is 2.30. The van der Waals surface area contributed by atoms with Gasteiger partial charge in [0.1, 0.15) is 5.60 Å². The van der Waals surface area contributed by atoms with Crippen LogP contribution in [0.25, 0.3) is 5.69 Å². The molecule has 3 aromatic carbocycles. The van der Waals surface area contributed by atoms with Crippen molar-refractivity contribution >= 4 is 46.8 Å². The Labute approximate surface area is 320 Å². The van der Waals surface area contributed by atoms with Gasteiger partial charge in [-0.2, -0.15) is 18.3 Å². The standard InChI is InChI=1S/C38H41ClF3N5O8/c1-37(2,3)55-33(48)13-16-52-18-20-54-21-19-53-17-14-43-34(49)25-6-4-7-26(22-25)35(50)44-31-11-10-28(39)24-30(31)36(51)45-32-12-15-47(46-32)29-9-5-8-27(23-29)38(40,41)42/h4-12,15,22-24H,13-14,16-21H2,1-3H3,(H,43,49)(H,44,50)(H,45,46,51). The number of aromatic nitrogens is 2. The molecule has 3 amide bonds. The molecule has 0 saturated carbocycles. The quantitative estimate of drug-likeness (QED) is 0.0750. The minimum Gasteiger partial charge on any atom is -0.460 e. The summed E-state index contributed by atoms with van der Waals surface area (Å²) in [6.45, 7) is 7.29. The molecule has 4 rings (SSSR count). The smallest absolute Gasteiger partial charge is 0.416 e. The number of rotatable bonds is 18. The zero-order chi connectivity index (χ0) is 40.0. The summed E-state index contributed by atoms with van der Waals surface area (Å²) in [5, 5.41) is 12.3. The third-order valence-electron chi connectivity index (χ3n) is 7.28. The number of anilines is 2. The van der Waals surface area contributed by atoms with E-state index in [0.717, 1.165) is 12.1 Å². The van der Waals surface area contributed by atoms with Crippen LogP contribution in [0.1, 0.15) is 63.8 Å². The van der Waals surface area contributed by atoms with Gasteiger partial charge in [0.15, 0.2) is 5.82 Å². The molecule has 13 nitrogen and oxygen atoms in total. The van der Waals surface area contributed by atoms with E-state index in [4.69, 9.17) is 30.5 Å². The van der Waals surface area contributed by atoms with Crippen molar-refractivity contribution in [2.75, 3.05) is 56.8 Å². The lowest BCUT2D eigenvalue weighted by Crippen LogP contribution is -2.28. The highest BCUT2D eigenvalue weighted by atomic mass is 35.5. The fraction of sp³-hybridized carbons (Fsp3) is 0.342. The molecule has 0 fully saturated rings. The largest absolute Gasteiger partial charge is 0.460 e. The number of esters is 1. The van der Waals surface area contributed by atoms with Crippen LogP contribution in [0.3, 0.4) is 0 Å². The summed E-state index contributed by atoms with van der Waals surface area (Å²) >= 11 is 6.16. The first kappa shape index (κ1) is 42.5. The second-order valence-corrected chi connectivity index (χ2v) is 13.2. The van der Waals surface area contributed by atoms with E-state index in [2.05, 4.69) is 21.0 Å². The number of carbonyl (C=O) groups excluding carboxylic acids is 4. The van der Waals surface area contributed by atoms with E-state index in [9.17, 15) is 32.3 Å². The van der Waals surface area contributed by atoms with Gasteiger partial charge in [-0.1, -0.05) is 23.7 Å². The van der Waals surface area contributed by atoms with Gasteiger partial charge < -0.3 is 34.9 Å². The molecule has 0 atom stereocenters.